The smallest absolute Gasteiger partial charge is 0.408 e. The quantitative estimate of drug-likeness (QED) is 0.785. The lowest BCUT2D eigenvalue weighted by molar-refractivity contribution is -0.163. The maximum Gasteiger partial charge on any atom is 0.408 e. The molecule has 1 amide bonds. The zero-order valence-corrected chi connectivity index (χ0v) is 16.1. The van der Waals surface area contributed by atoms with E-state index >= 15 is 0 Å². The molecule has 0 atom stereocenters. The highest BCUT2D eigenvalue weighted by Crippen LogP contribution is 2.53. The number of nitrogens with one attached hydrogen (secondary N) is 1. The first-order valence-corrected chi connectivity index (χ1v) is 8.37. The summed E-state index contributed by atoms with van der Waals surface area (Å²) in [6.07, 6.45) is 3.32. The largest absolute Gasteiger partial charge is 0.469 e. The van der Waals surface area contributed by atoms with E-state index in [1.54, 1.807) is 40.1 Å². The third-order valence-electron chi connectivity index (χ3n) is 3.85. The number of carbonyl (C=O) groups is 2. The number of methoxy groups -OCH3 is 1. The van der Waals surface area contributed by atoms with E-state index in [-0.39, 0.29) is 5.97 Å². The molecule has 1 aliphatic carbocycles. The van der Waals surface area contributed by atoms with Gasteiger partial charge in [0.2, 0.25) is 0 Å². The Hall–Kier alpha value is -1.70. The number of ether oxygens (including phenoxy) is 2. The molecule has 24 heavy (non-hydrogen) atoms. The van der Waals surface area contributed by atoms with Crippen molar-refractivity contribution in [1.29, 1.82) is 0 Å². The van der Waals surface area contributed by atoms with Gasteiger partial charge >= 0.3 is 12.1 Å². The van der Waals surface area contributed by atoms with Crippen molar-refractivity contribution in [3.8, 4) is 0 Å². The minimum absolute atomic E-state index is 0.318. The Balaban J connectivity index is 2.26. The molecule has 1 aromatic heterocycles. The van der Waals surface area contributed by atoms with Crippen LogP contribution in [0.3, 0.4) is 0 Å². The number of hydrogen-bond acceptors (Lipinski definition) is 6. The molecule has 1 heterocycles. The molecule has 0 saturated heterocycles. The first-order valence-electron chi connectivity index (χ1n) is 7.57. The van der Waals surface area contributed by atoms with Crippen molar-refractivity contribution in [3.63, 3.8) is 0 Å². The lowest BCUT2D eigenvalue weighted by Gasteiger charge is -2.51. The van der Waals surface area contributed by atoms with Gasteiger partial charge in [0.15, 0.2) is 5.82 Å². The molecule has 8 heteroatoms. The molecule has 2 rings (SSSR count). The summed E-state index contributed by atoms with van der Waals surface area (Å²) in [7, 11) is 1.35. The highest BCUT2D eigenvalue weighted by atomic mass is 79.9. The van der Waals surface area contributed by atoms with E-state index in [4.69, 9.17) is 9.47 Å². The molecule has 1 aromatic rings. The Kier molecular flexibility index (Phi) is 4.90. The summed E-state index contributed by atoms with van der Waals surface area (Å²) < 4.78 is 10.9. The van der Waals surface area contributed by atoms with Crippen LogP contribution in [0.5, 0.6) is 0 Å². The molecule has 132 valence electrons. The van der Waals surface area contributed by atoms with Crippen LogP contribution in [-0.4, -0.2) is 34.7 Å². The van der Waals surface area contributed by atoms with Crippen LogP contribution >= 0.6 is 15.9 Å². The zero-order chi connectivity index (χ0) is 18.2. The normalized spacial score (nSPS) is 26.2. The van der Waals surface area contributed by atoms with Gasteiger partial charge in [-0.25, -0.2) is 14.8 Å². The molecule has 1 aliphatic rings. The van der Waals surface area contributed by atoms with Gasteiger partial charge in [0.05, 0.1) is 17.0 Å². The topological polar surface area (TPSA) is 90.4 Å². The number of esters is 1. The molecule has 1 saturated carbocycles. The Labute approximate surface area is 149 Å². The maximum absolute atomic E-state index is 12.2. The van der Waals surface area contributed by atoms with E-state index < -0.39 is 22.6 Å². The first-order chi connectivity index (χ1) is 11.0. The van der Waals surface area contributed by atoms with Gasteiger partial charge in [0, 0.05) is 12.4 Å². The van der Waals surface area contributed by atoms with Gasteiger partial charge in [0.1, 0.15) is 11.1 Å². The Morgan fingerprint density at radius 3 is 2.25 bits per heavy atom. The van der Waals surface area contributed by atoms with E-state index in [2.05, 4.69) is 31.2 Å². The van der Waals surface area contributed by atoms with Gasteiger partial charge in [-0.05, 0) is 56.5 Å². The van der Waals surface area contributed by atoms with Crippen LogP contribution in [-0.2, 0) is 19.8 Å². The summed E-state index contributed by atoms with van der Waals surface area (Å²) in [5, 5.41) is 2.85. The standard InChI is InChI=1S/C16H22BrN3O4/c1-14(2,3)24-13(22)20-16(11-18-6-10(17)7-19-11)8-15(4,9-16)12(21)23-5/h6-7H,8-9H2,1-5H3,(H,20,22). The molecule has 0 aromatic carbocycles. The van der Waals surface area contributed by atoms with E-state index in [1.807, 2.05) is 0 Å². The molecular weight excluding hydrogens is 378 g/mol. The fourth-order valence-electron chi connectivity index (χ4n) is 3.03. The molecule has 1 fully saturated rings. The van der Waals surface area contributed by atoms with Crippen LogP contribution in [0.1, 0.15) is 46.4 Å². The van der Waals surface area contributed by atoms with Crippen LogP contribution in [0.25, 0.3) is 0 Å². The summed E-state index contributed by atoms with van der Waals surface area (Å²) >= 11 is 3.29. The number of alkyl carbamates (subject to hydrolysis) is 1. The van der Waals surface area contributed by atoms with Gasteiger partial charge in [-0.1, -0.05) is 0 Å². The number of aromatic nitrogens is 2. The second kappa shape index (κ2) is 6.31. The third kappa shape index (κ3) is 3.85. The predicted molar refractivity (Wildman–Crippen MR) is 90.1 cm³/mol. The zero-order valence-electron chi connectivity index (χ0n) is 14.5. The van der Waals surface area contributed by atoms with Crippen molar-refractivity contribution in [2.75, 3.05) is 7.11 Å². The van der Waals surface area contributed by atoms with E-state index in [0.717, 1.165) is 4.47 Å². The summed E-state index contributed by atoms with van der Waals surface area (Å²) in [6.45, 7) is 7.16. The van der Waals surface area contributed by atoms with Gasteiger partial charge in [-0.2, -0.15) is 0 Å². The molecule has 0 bridgehead atoms. The molecule has 0 spiro atoms. The Morgan fingerprint density at radius 2 is 1.79 bits per heavy atom. The SMILES string of the molecule is COC(=O)C1(C)CC(NC(=O)OC(C)(C)C)(c2ncc(Br)cn2)C1. The number of rotatable bonds is 3. The highest BCUT2D eigenvalue weighted by molar-refractivity contribution is 9.10. The van der Waals surface area contributed by atoms with Crippen LogP contribution in [0.2, 0.25) is 0 Å². The minimum atomic E-state index is -0.855. The lowest BCUT2D eigenvalue weighted by atomic mass is 9.57. The number of hydrogen-bond donors (Lipinski definition) is 1. The van der Waals surface area contributed by atoms with Crippen molar-refractivity contribution in [1.82, 2.24) is 15.3 Å². The fraction of sp³-hybridized carbons (Fsp3) is 0.625. The van der Waals surface area contributed by atoms with Crippen LogP contribution < -0.4 is 5.32 Å². The van der Waals surface area contributed by atoms with Gasteiger partial charge < -0.3 is 14.8 Å². The average molecular weight is 400 g/mol. The summed E-state index contributed by atoms with van der Waals surface area (Å²) in [5.41, 5.74) is -2.17. The van der Waals surface area contributed by atoms with E-state index in [0.29, 0.717) is 18.7 Å². The molecule has 7 nitrogen and oxygen atoms in total. The Bertz CT molecular complexity index is 634. The first kappa shape index (κ1) is 18.6. The molecule has 0 aliphatic heterocycles. The van der Waals surface area contributed by atoms with Crippen molar-refractivity contribution in [2.45, 2.75) is 51.7 Å². The van der Waals surface area contributed by atoms with Gasteiger partial charge in [0.25, 0.3) is 0 Å². The maximum atomic E-state index is 12.2. The lowest BCUT2D eigenvalue weighted by Crippen LogP contribution is -2.62. The van der Waals surface area contributed by atoms with E-state index in [9.17, 15) is 9.59 Å². The Morgan fingerprint density at radius 1 is 1.25 bits per heavy atom. The van der Waals surface area contributed by atoms with Crippen molar-refractivity contribution >= 4 is 28.0 Å². The monoisotopic (exact) mass is 399 g/mol. The number of halogens is 1. The second-order valence-electron chi connectivity index (χ2n) is 7.34. The third-order valence-corrected chi connectivity index (χ3v) is 4.26. The summed E-state index contributed by atoms with van der Waals surface area (Å²) in [4.78, 5) is 32.8. The molecule has 0 unspecified atom stereocenters. The molecule has 0 radical (unpaired) electrons. The minimum Gasteiger partial charge on any atom is -0.469 e. The predicted octanol–water partition coefficient (Wildman–Crippen LogP) is 2.93. The fourth-order valence-corrected chi connectivity index (χ4v) is 3.24. The molecular formula is C16H22BrN3O4. The van der Waals surface area contributed by atoms with E-state index in [1.165, 1.54) is 7.11 Å². The number of nitrogens with zero attached hydrogens (tertiary/aromatic N) is 2. The summed E-state index contributed by atoms with van der Waals surface area (Å²) in [6, 6.07) is 0. The second-order valence-corrected chi connectivity index (χ2v) is 8.26. The van der Waals surface area contributed by atoms with Crippen LogP contribution in [0.4, 0.5) is 4.79 Å². The summed E-state index contributed by atoms with van der Waals surface area (Å²) in [5.74, 6) is 0.124. The van der Waals surface area contributed by atoms with Crippen molar-refractivity contribution in [2.24, 2.45) is 5.41 Å². The van der Waals surface area contributed by atoms with Crippen LogP contribution in [0, 0.1) is 5.41 Å². The van der Waals surface area contributed by atoms with Gasteiger partial charge in [-0.3, -0.25) is 4.79 Å². The molecule has 1 N–H and O–H groups in total. The van der Waals surface area contributed by atoms with Crippen molar-refractivity contribution in [3.05, 3.63) is 22.7 Å². The van der Waals surface area contributed by atoms with Crippen LogP contribution in [0.15, 0.2) is 16.9 Å². The number of amides is 1. The average Bonchev–Trinajstić information content (AvgIpc) is 2.42. The highest BCUT2D eigenvalue weighted by Gasteiger charge is 2.60. The number of carbonyl (C=O) groups excluding carboxylic acids is 2. The van der Waals surface area contributed by atoms with Crippen molar-refractivity contribution < 1.29 is 19.1 Å². The van der Waals surface area contributed by atoms with Gasteiger partial charge in [-0.15, -0.1) is 0 Å².